The topological polar surface area (TPSA) is 106 Å². The summed E-state index contributed by atoms with van der Waals surface area (Å²) in [7, 11) is 0. The average Bonchev–Trinajstić information content (AvgIpc) is 3.14. The zero-order valence-corrected chi connectivity index (χ0v) is 14.0. The molecule has 0 radical (unpaired) electrons. The monoisotopic (exact) mass is 364 g/mol. The number of nitrogens with two attached hydrogens (primary N) is 1. The summed E-state index contributed by atoms with van der Waals surface area (Å²) in [5.74, 6) is -5.54. The van der Waals surface area contributed by atoms with Gasteiger partial charge in [0.2, 0.25) is 0 Å². The molecule has 0 spiro atoms. The lowest BCUT2D eigenvalue weighted by atomic mass is 9.97. The van der Waals surface area contributed by atoms with Gasteiger partial charge in [-0.3, -0.25) is 0 Å². The van der Waals surface area contributed by atoms with Gasteiger partial charge in [0.1, 0.15) is 0 Å². The van der Waals surface area contributed by atoms with Crippen LogP contribution in [0, 0.1) is 17.6 Å². The van der Waals surface area contributed by atoms with E-state index in [1.807, 2.05) is 0 Å². The summed E-state index contributed by atoms with van der Waals surface area (Å²) >= 11 is 0. The van der Waals surface area contributed by atoms with E-state index in [0.717, 1.165) is 18.2 Å². The number of hydrogen-bond acceptors (Lipinski definition) is 3. The first-order chi connectivity index (χ1) is 12.2. The van der Waals surface area contributed by atoms with Gasteiger partial charge in [0, 0.05) is 23.1 Å². The standard InChI is InChI=1S/C18H18F2N2O4/c1-8(10(18(25)26)7-14(23)24)17(21)22-12-4-2-3-9(12)15-13(22)6-5-11(19)16(15)20/h5-8,17H,2-4,21H2,1H3,(H,23,24)(H,25,26)/b10-7-/t8?,17-/m0/s1. The van der Waals surface area contributed by atoms with Gasteiger partial charge in [-0.2, -0.15) is 0 Å². The Hall–Kier alpha value is -2.74. The minimum absolute atomic E-state index is 0.166. The Morgan fingerprint density at radius 2 is 1.96 bits per heavy atom. The molecule has 1 aliphatic rings. The van der Waals surface area contributed by atoms with Crippen LogP contribution in [0.15, 0.2) is 23.8 Å². The number of nitrogens with zero attached hydrogens (tertiary/aromatic N) is 1. The van der Waals surface area contributed by atoms with Crippen molar-refractivity contribution in [3.8, 4) is 0 Å². The van der Waals surface area contributed by atoms with Gasteiger partial charge in [-0.25, -0.2) is 18.4 Å². The first-order valence-electron chi connectivity index (χ1n) is 8.17. The minimum atomic E-state index is -1.39. The van der Waals surface area contributed by atoms with Crippen LogP contribution in [0.2, 0.25) is 0 Å². The van der Waals surface area contributed by atoms with Crippen molar-refractivity contribution in [3.63, 3.8) is 0 Å². The second-order valence-corrected chi connectivity index (χ2v) is 6.43. The maximum Gasteiger partial charge on any atom is 0.332 e. The molecule has 1 aromatic carbocycles. The molecule has 1 unspecified atom stereocenters. The number of carbonyl (C=O) groups is 2. The Labute approximate surface area is 147 Å². The van der Waals surface area contributed by atoms with Gasteiger partial charge < -0.3 is 20.5 Å². The van der Waals surface area contributed by atoms with Crippen LogP contribution in [-0.4, -0.2) is 26.7 Å². The van der Waals surface area contributed by atoms with E-state index in [1.54, 1.807) is 4.57 Å². The van der Waals surface area contributed by atoms with Crippen LogP contribution in [-0.2, 0) is 22.4 Å². The fraction of sp³-hybridized carbons (Fsp3) is 0.333. The van der Waals surface area contributed by atoms with Crippen molar-refractivity contribution in [2.45, 2.75) is 32.4 Å². The Morgan fingerprint density at radius 1 is 1.27 bits per heavy atom. The smallest absolute Gasteiger partial charge is 0.332 e. The lowest BCUT2D eigenvalue weighted by molar-refractivity contribution is -0.135. The number of aromatic nitrogens is 1. The zero-order chi connectivity index (χ0) is 19.2. The molecular formula is C18H18F2N2O4. The third-order valence-corrected chi connectivity index (χ3v) is 4.94. The maximum atomic E-state index is 14.4. The van der Waals surface area contributed by atoms with Crippen molar-refractivity contribution in [2.24, 2.45) is 11.7 Å². The Bertz CT molecular complexity index is 949. The lowest BCUT2D eigenvalue weighted by Crippen LogP contribution is -2.30. The molecule has 8 heteroatoms. The van der Waals surface area contributed by atoms with E-state index in [4.69, 9.17) is 10.8 Å². The summed E-state index contributed by atoms with van der Waals surface area (Å²) in [6.45, 7) is 1.50. The van der Waals surface area contributed by atoms with Crippen LogP contribution in [0.5, 0.6) is 0 Å². The van der Waals surface area contributed by atoms with Crippen molar-refractivity contribution >= 4 is 22.8 Å². The predicted octanol–water partition coefficient (Wildman–Crippen LogP) is 2.60. The van der Waals surface area contributed by atoms with E-state index < -0.39 is 35.7 Å². The molecular weight excluding hydrogens is 346 g/mol. The van der Waals surface area contributed by atoms with E-state index in [9.17, 15) is 23.5 Å². The molecule has 0 amide bonds. The number of carboxylic acids is 2. The van der Waals surface area contributed by atoms with E-state index >= 15 is 0 Å². The van der Waals surface area contributed by atoms with Gasteiger partial charge in [-0.05, 0) is 37.0 Å². The van der Waals surface area contributed by atoms with Gasteiger partial charge in [0.15, 0.2) is 11.6 Å². The van der Waals surface area contributed by atoms with Crippen molar-refractivity contribution in [1.82, 2.24) is 4.57 Å². The molecule has 0 bridgehead atoms. The largest absolute Gasteiger partial charge is 0.478 e. The van der Waals surface area contributed by atoms with Gasteiger partial charge in [-0.1, -0.05) is 6.92 Å². The number of benzene rings is 1. The zero-order valence-electron chi connectivity index (χ0n) is 14.0. The number of hydrogen-bond donors (Lipinski definition) is 3. The highest BCUT2D eigenvalue weighted by Gasteiger charge is 2.31. The predicted molar refractivity (Wildman–Crippen MR) is 89.6 cm³/mol. The number of carboxylic acid groups (broad SMARTS) is 2. The van der Waals surface area contributed by atoms with Crippen molar-refractivity contribution in [2.75, 3.05) is 0 Å². The summed E-state index contributed by atoms with van der Waals surface area (Å²) in [6, 6.07) is 2.42. The van der Waals surface area contributed by atoms with Crippen LogP contribution in [0.3, 0.4) is 0 Å². The Morgan fingerprint density at radius 3 is 2.58 bits per heavy atom. The molecule has 1 heterocycles. The fourth-order valence-electron chi connectivity index (χ4n) is 3.71. The molecule has 0 fully saturated rings. The molecule has 0 aliphatic heterocycles. The molecule has 6 nitrogen and oxygen atoms in total. The molecule has 3 rings (SSSR count). The molecule has 0 saturated carbocycles. The molecule has 1 aliphatic carbocycles. The van der Waals surface area contributed by atoms with Crippen molar-refractivity contribution in [3.05, 3.63) is 46.7 Å². The quantitative estimate of drug-likeness (QED) is 0.707. The first kappa shape index (κ1) is 18.1. The van der Waals surface area contributed by atoms with Gasteiger partial charge >= 0.3 is 11.9 Å². The van der Waals surface area contributed by atoms with Gasteiger partial charge in [0.05, 0.1) is 17.3 Å². The van der Waals surface area contributed by atoms with E-state index in [-0.39, 0.29) is 11.0 Å². The van der Waals surface area contributed by atoms with E-state index in [1.165, 1.54) is 13.0 Å². The van der Waals surface area contributed by atoms with E-state index in [2.05, 4.69) is 0 Å². The SMILES string of the molecule is CC(/C(=C/C(=O)O)C(=O)O)[C@@H](N)n1c2c(c3c(F)c(F)ccc31)CCC2. The van der Waals surface area contributed by atoms with Crippen LogP contribution in [0.1, 0.15) is 30.8 Å². The highest BCUT2D eigenvalue weighted by atomic mass is 19.2. The molecule has 4 N–H and O–H groups in total. The number of aliphatic carboxylic acids is 2. The number of rotatable bonds is 5. The summed E-state index contributed by atoms with van der Waals surface area (Å²) in [6.07, 6.45) is 1.62. The third-order valence-electron chi connectivity index (χ3n) is 4.94. The highest BCUT2D eigenvalue weighted by molar-refractivity contribution is 5.95. The Balaban J connectivity index is 2.18. The highest BCUT2D eigenvalue weighted by Crippen LogP contribution is 2.38. The fourth-order valence-corrected chi connectivity index (χ4v) is 3.71. The number of halogens is 2. The van der Waals surface area contributed by atoms with Crippen LogP contribution in [0.25, 0.3) is 10.9 Å². The van der Waals surface area contributed by atoms with Crippen LogP contribution in [0.4, 0.5) is 8.78 Å². The number of aryl methyl sites for hydroxylation is 1. The van der Waals surface area contributed by atoms with Gasteiger partial charge in [-0.15, -0.1) is 0 Å². The van der Waals surface area contributed by atoms with Crippen LogP contribution >= 0.6 is 0 Å². The third kappa shape index (κ3) is 2.76. The van der Waals surface area contributed by atoms with E-state index in [0.29, 0.717) is 30.0 Å². The molecule has 0 saturated heterocycles. The van der Waals surface area contributed by atoms with Crippen molar-refractivity contribution in [1.29, 1.82) is 0 Å². The molecule has 138 valence electrons. The average molecular weight is 364 g/mol. The molecule has 1 aromatic heterocycles. The van der Waals surface area contributed by atoms with Crippen molar-refractivity contribution < 1.29 is 28.6 Å². The summed E-state index contributed by atoms with van der Waals surface area (Å²) in [5, 5.41) is 18.4. The second-order valence-electron chi connectivity index (χ2n) is 6.43. The second kappa shape index (κ2) is 6.53. The Kier molecular flexibility index (Phi) is 4.53. The van der Waals surface area contributed by atoms with Crippen LogP contribution < -0.4 is 5.73 Å². The van der Waals surface area contributed by atoms with Gasteiger partial charge in [0.25, 0.3) is 0 Å². The summed E-state index contributed by atoms with van der Waals surface area (Å²) < 4.78 is 29.7. The lowest BCUT2D eigenvalue weighted by Gasteiger charge is -2.25. The number of fused-ring (bicyclic) bond motifs is 3. The normalized spacial score (nSPS) is 16.5. The minimum Gasteiger partial charge on any atom is -0.478 e. The molecule has 26 heavy (non-hydrogen) atoms. The summed E-state index contributed by atoms with van der Waals surface area (Å²) in [4.78, 5) is 22.4. The molecule has 2 atom stereocenters. The maximum absolute atomic E-state index is 14.4. The first-order valence-corrected chi connectivity index (χ1v) is 8.17. The molecule has 2 aromatic rings. The summed E-state index contributed by atoms with van der Waals surface area (Å²) in [5.41, 5.74) is 7.72.